The number of likely N-dealkylation sites (tertiary alicyclic amines) is 2. The smallest absolute Gasteiger partial charge is 0.335 e. The summed E-state index contributed by atoms with van der Waals surface area (Å²) in [6.45, 7) is 7.08. The van der Waals surface area contributed by atoms with Crippen molar-refractivity contribution in [2.45, 2.75) is 82.7 Å². The van der Waals surface area contributed by atoms with Gasteiger partial charge < -0.3 is 14.6 Å². The van der Waals surface area contributed by atoms with Crippen LogP contribution in [-0.4, -0.2) is 58.2 Å². The molecule has 2 atom stereocenters. The minimum atomic E-state index is -0.834. The molecule has 1 aliphatic carbocycles. The predicted molar refractivity (Wildman–Crippen MR) is 157 cm³/mol. The Morgan fingerprint density at radius 2 is 1.67 bits per heavy atom. The first-order chi connectivity index (χ1) is 19.2. The summed E-state index contributed by atoms with van der Waals surface area (Å²) in [6.07, 6.45) is 13.0. The molecule has 3 aliphatic heterocycles. The van der Waals surface area contributed by atoms with Crippen LogP contribution in [0.25, 0.3) is 22.2 Å². The molecular weight excluding hydrogens is 482 g/mol. The first kappa shape index (κ1) is 25.3. The molecule has 1 aromatic heterocycles. The zero-order chi connectivity index (χ0) is 26.3. The number of carboxylic acids is 1. The second-order valence-electron chi connectivity index (χ2n) is 12.6. The van der Waals surface area contributed by atoms with Gasteiger partial charge in [-0.3, -0.25) is 4.90 Å². The van der Waals surface area contributed by atoms with Crippen molar-refractivity contribution < 1.29 is 9.90 Å². The molecule has 39 heavy (non-hydrogen) atoms. The summed E-state index contributed by atoms with van der Waals surface area (Å²) < 4.78 is 2.55. The van der Waals surface area contributed by atoms with Gasteiger partial charge in [-0.15, -0.1) is 0 Å². The minimum Gasteiger partial charge on any atom is -0.478 e. The van der Waals surface area contributed by atoms with Gasteiger partial charge in [-0.05, 0) is 106 Å². The molecule has 5 nitrogen and oxygen atoms in total. The summed E-state index contributed by atoms with van der Waals surface area (Å²) in [6, 6.07) is 15.6. The van der Waals surface area contributed by atoms with Crippen molar-refractivity contribution in [2.75, 3.05) is 32.7 Å². The Balaban J connectivity index is 1.30. The highest BCUT2D eigenvalue weighted by molar-refractivity contribution is 5.98. The molecule has 206 valence electrons. The van der Waals surface area contributed by atoms with Gasteiger partial charge in [0.15, 0.2) is 0 Å². The summed E-state index contributed by atoms with van der Waals surface area (Å²) in [5, 5.41) is 11.1. The van der Waals surface area contributed by atoms with Gasteiger partial charge in [-0.1, -0.05) is 56.0 Å². The van der Waals surface area contributed by atoms with Crippen LogP contribution in [0, 0.1) is 5.92 Å². The van der Waals surface area contributed by atoms with Gasteiger partial charge in [-0.2, -0.15) is 0 Å². The maximum Gasteiger partial charge on any atom is 0.335 e. The number of carbonyl (C=O) groups is 1. The third-order valence-corrected chi connectivity index (χ3v) is 10.3. The van der Waals surface area contributed by atoms with E-state index in [1.807, 2.05) is 12.1 Å². The van der Waals surface area contributed by atoms with E-state index in [-0.39, 0.29) is 0 Å². The Morgan fingerprint density at radius 1 is 0.872 bits per heavy atom. The van der Waals surface area contributed by atoms with E-state index >= 15 is 0 Å². The van der Waals surface area contributed by atoms with E-state index < -0.39 is 5.97 Å². The topological polar surface area (TPSA) is 48.7 Å². The van der Waals surface area contributed by atoms with Gasteiger partial charge in [0, 0.05) is 29.1 Å². The van der Waals surface area contributed by atoms with Crippen LogP contribution in [0.3, 0.4) is 0 Å². The molecule has 0 radical (unpaired) electrons. The molecule has 4 heterocycles. The molecule has 4 aliphatic rings. The molecule has 3 fully saturated rings. The van der Waals surface area contributed by atoms with Crippen molar-refractivity contribution in [3.8, 4) is 11.3 Å². The fourth-order valence-electron chi connectivity index (χ4n) is 8.50. The summed E-state index contributed by atoms with van der Waals surface area (Å²) in [4.78, 5) is 17.5. The van der Waals surface area contributed by atoms with E-state index in [1.165, 1.54) is 118 Å². The van der Waals surface area contributed by atoms with Gasteiger partial charge in [-0.25, -0.2) is 4.79 Å². The third kappa shape index (κ3) is 4.62. The SMILES string of the molecule is O=C(O)c1ccc2c(C3CCCCC3)c3n(c2c1)C[C@@H]1CCN(CCCN2CCCCC2)[C@H]1c1ccccc1-3. The van der Waals surface area contributed by atoms with Crippen LogP contribution in [0.5, 0.6) is 0 Å². The fraction of sp³-hybridized carbons (Fsp3) is 0.559. The molecule has 1 N–H and O–H groups in total. The Kier molecular flexibility index (Phi) is 6.98. The second-order valence-corrected chi connectivity index (χ2v) is 12.6. The molecule has 3 aromatic rings. The molecule has 7 rings (SSSR count). The number of aromatic nitrogens is 1. The van der Waals surface area contributed by atoms with Crippen LogP contribution in [0.15, 0.2) is 42.5 Å². The molecule has 2 aromatic carbocycles. The number of carboxylic acid groups (broad SMARTS) is 1. The fourth-order valence-corrected chi connectivity index (χ4v) is 8.50. The summed E-state index contributed by atoms with van der Waals surface area (Å²) in [7, 11) is 0. The third-order valence-electron chi connectivity index (χ3n) is 10.3. The Hall–Kier alpha value is -2.63. The summed E-state index contributed by atoms with van der Waals surface area (Å²) in [5.74, 6) is 0.268. The maximum absolute atomic E-state index is 12.0. The molecule has 0 amide bonds. The number of aromatic carboxylic acids is 1. The maximum atomic E-state index is 12.0. The highest BCUT2D eigenvalue weighted by Gasteiger charge is 2.41. The van der Waals surface area contributed by atoms with Crippen LogP contribution in [0.4, 0.5) is 0 Å². The van der Waals surface area contributed by atoms with Gasteiger partial charge in [0.25, 0.3) is 0 Å². The summed E-state index contributed by atoms with van der Waals surface area (Å²) in [5.41, 5.74) is 7.29. The minimum absolute atomic E-state index is 0.401. The van der Waals surface area contributed by atoms with E-state index in [1.54, 1.807) is 0 Å². The highest BCUT2D eigenvalue weighted by atomic mass is 16.4. The van der Waals surface area contributed by atoms with E-state index in [4.69, 9.17) is 0 Å². The lowest BCUT2D eigenvalue weighted by molar-refractivity contribution is 0.0697. The quantitative estimate of drug-likeness (QED) is 0.367. The average molecular weight is 526 g/mol. The normalized spacial score (nSPS) is 24.3. The number of hydrogen-bond donors (Lipinski definition) is 1. The molecule has 1 saturated carbocycles. The van der Waals surface area contributed by atoms with Crippen LogP contribution in [0.2, 0.25) is 0 Å². The van der Waals surface area contributed by atoms with Gasteiger partial charge >= 0.3 is 5.97 Å². The highest BCUT2D eigenvalue weighted by Crippen LogP contribution is 2.51. The first-order valence-corrected chi connectivity index (χ1v) is 15.6. The number of fused-ring (bicyclic) bond motifs is 7. The van der Waals surface area contributed by atoms with Gasteiger partial charge in [0.2, 0.25) is 0 Å². The first-order valence-electron chi connectivity index (χ1n) is 15.6. The van der Waals surface area contributed by atoms with Crippen molar-refractivity contribution >= 4 is 16.9 Å². The standard InChI is InChI=1S/C34H43N3O2/c38-34(39)25-14-15-29-30(22-25)37-23-26-16-21-36(20-9-19-35-17-7-2-8-18-35)32(26)27-12-5-6-13-28(27)33(37)31(29)24-10-3-1-4-11-24/h5-6,12-15,22,24,26,32H,1-4,7-11,16-21,23H2,(H,38,39)/t26-,32+/m0/s1. The van der Waals surface area contributed by atoms with E-state index in [0.29, 0.717) is 23.4 Å². The molecule has 0 spiro atoms. The zero-order valence-corrected chi connectivity index (χ0v) is 23.3. The van der Waals surface area contributed by atoms with E-state index in [0.717, 1.165) is 18.6 Å². The van der Waals surface area contributed by atoms with Crippen molar-refractivity contribution in [2.24, 2.45) is 5.92 Å². The zero-order valence-electron chi connectivity index (χ0n) is 23.3. The van der Waals surface area contributed by atoms with Crippen molar-refractivity contribution in [3.05, 3.63) is 59.2 Å². The predicted octanol–water partition coefficient (Wildman–Crippen LogP) is 7.31. The van der Waals surface area contributed by atoms with Crippen LogP contribution >= 0.6 is 0 Å². The molecule has 2 saturated heterocycles. The Labute approximate surface area is 232 Å². The number of rotatable bonds is 6. The number of hydrogen-bond acceptors (Lipinski definition) is 3. The Bertz CT molecular complexity index is 1350. The molecule has 0 unspecified atom stereocenters. The number of nitrogens with zero attached hydrogens (tertiary/aromatic N) is 3. The summed E-state index contributed by atoms with van der Waals surface area (Å²) >= 11 is 0. The monoisotopic (exact) mass is 525 g/mol. The van der Waals surface area contributed by atoms with Crippen molar-refractivity contribution in [3.63, 3.8) is 0 Å². The van der Waals surface area contributed by atoms with Crippen LogP contribution in [-0.2, 0) is 6.54 Å². The molecule has 5 heteroatoms. The molecule has 0 bridgehead atoms. The van der Waals surface area contributed by atoms with E-state index in [2.05, 4.69) is 44.7 Å². The largest absolute Gasteiger partial charge is 0.478 e. The average Bonchev–Trinajstić information content (AvgIpc) is 3.48. The van der Waals surface area contributed by atoms with Crippen LogP contribution in [0.1, 0.15) is 97.7 Å². The van der Waals surface area contributed by atoms with Gasteiger partial charge in [0.1, 0.15) is 0 Å². The van der Waals surface area contributed by atoms with E-state index in [9.17, 15) is 9.90 Å². The Morgan fingerprint density at radius 3 is 2.49 bits per heavy atom. The van der Waals surface area contributed by atoms with Gasteiger partial charge in [0.05, 0.1) is 11.3 Å². The van der Waals surface area contributed by atoms with Crippen molar-refractivity contribution in [1.29, 1.82) is 0 Å². The number of benzene rings is 2. The van der Waals surface area contributed by atoms with Crippen LogP contribution < -0.4 is 0 Å². The number of piperidine rings is 1. The molecular formula is C34H43N3O2. The lowest BCUT2D eigenvalue weighted by Crippen LogP contribution is -2.34. The lowest BCUT2D eigenvalue weighted by Gasteiger charge is -2.31. The van der Waals surface area contributed by atoms with Crippen molar-refractivity contribution in [1.82, 2.24) is 14.4 Å². The lowest BCUT2D eigenvalue weighted by atomic mass is 9.81. The second kappa shape index (κ2) is 10.7.